The topological polar surface area (TPSA) is 99.8 Å². The summed E-state index contributed by atoms with van der Waals surface area (Å²) in [5.74, 6) is -0.643. The molecule has 0 saturated carbocycles. The van der Waals surface area contributed by atoms with Gasteiger partial charge in [0, 0.05) is 11.8 Å². The maximum atomic E-state index is 11.8. The largest absolute Gasteiger partial charge is 0.331 e. The van der Waals surface area contributed by atoms with Crippen LogP contribution in [0.1, 0.15) is 10.4 Å². The second-order valence-corrected chi connectivity index (χ2v) is 6.12. The van der Waals surface area contributed by atoms with Gasteiger partial charge in [-0.15, -0.1) is 0 Å². The first kappa shape index (κ1) is 16.3. The van der Waals surface area contributed by atoms with E-state index < -0.39 is 0 Å². The lowest BCUT2D eigenvalue weighted by atomic mass is 10.2. The highest BCUT2D eigenvalue weighted by Crippen LogP contribution is 2.20. The fourth-order valence-corrected chi connectivity index (χ4v) is 2.71. The summed E-state index contributed by atoms with van der Waals surface area (Å²) in [5.41, 5.74) is 6.40. The Kier molecular flexibility index (Phi) is 4.97. The van der Waals surface area contributed by atoms with Crippen LogP contribution in [0, 0.1) is 0 Å². The minimum absolute atomic E-state index is 0.0859. The first-order valence-electron chi connectivity index (χ1n) is 6.90. The maximum absolute atomic E-state index is 11.8. The van der Waals surface area contributed by atoms with Crippen LogP contribution in [-0.2, 0) is 4.79 Å². The zero-order valence-electron chi connectivity index (χ0n) is 12.2. The van der Waals surface area contributed by atoms with E-state index in [1.807, 2.05) is 0 Å². The van der Waals surface area contributed by atoms with Crippen molar-refractivity contribution in [2.75, 3.05) is 5.75 Å². The van der Waals surface area contributed by atoms with Crippen molar-refractivity contribution in [1.29, 1.82) is 0 Å². The third-order valence-electron chi connectivity index (χ3n) is 2.97. The van der Waals surface area contributed by atoms with Gasteiger partial charge in [-0.3, -0.25) is 20.4 Å². The van der Waals surface area contributed by atoms with E-state index >= 15 is 0 Å². The molecule has 0 atom stereocenters. The van der Waals surface area contributed by atoms with E-state index in [0.29, 0.717) is 26.9 Å². The molecule has 0 spiro atoms. The highest BCUT2D eigenvalue weighted by molar-refractivity contribution is 7.99. The molecule has 1 aromatic carbocycles. The van der Waals surface area contributed by atoms with Gasteiger partial charge in [0.15, 0.2) is 10.8 Å². The van der Waals surface area contributed by atoms with Gasteiger partial charge in [-0.05, 0) is 18.2 Å². The number of amides is 2. The molecule has 2 heterocycles. The Morgan fingerprint density at radius 1 is 1.21 bits per heavy atom. The Bertz CT molecular complexity index is 884. The number of pyridine rings is 1. The molecule has 0 fully saturated rings. The molecule has 0 aliphatic rings. The minimum atomic E-state index is -0.378. The van der Waals surface area contributed by atoms with Crippen LogP contribution in [-0.4, -0.2) is 32.5 Å². The van der Waals surface area contributed by atoms with Crippen LogP contribution in [0.4, 0.5) is 0 Å². The number of aromatic amines is 1. The quantitative estimate of drug-likeness (QED) is 0.488. The summed E-state index contributed by atoms with van der Waals surface area (Å²) in [6.45, 7) is 0. The number of nitrogens with zero attached hydrogens (tertiary/aromatic N) is 2. The smallest absolute Gasteiger partial charge is 0.269 e. The monoisotopic (exact) mass is 361 g/mol. The molecule has 24 heavy (non-hydrogen) atoms. The van der Waals surface area contributed by atoms with Crippen molar-refractivity contribution < 1.29 is 9.59 Å². The van der Waals surface area contributed by atoms with E-state index in [-0.39, 0.29) is 17.6 Å². The number of rotatable bonds is 4. The number of hydrogen-bond donors (Lipinski definition) is 3. The van der Waals surface area contributed by atoms with Gasteiger partial charge in [0.2, 0.25) is 5.91 Å². The highest BCUT2D eigenvalue weighted by atomic mass is 35.5. The second-order valence-electron chi connectivity index (χ2n) is 4.72. The molecule has 0 bridgehead atoms. The van der Waals surface area contributed by atoms with Gasteiger partial charge in [-0.25, -0.2) is 9.97 Å². The van der Waals surface area contributed by atoms with Gasteiger partial charge < -0.3 is 4.98 Å². The van der Waals surface area contributed by atoms with Gasteiger partial charge in [-0.1, -0.05) is 41.6 Å². The Balaban J connectivity index is 1.50. The fraction of sp³-hybridized carbons (Fsp3) is 0.0667. The molecular weight excluding hydrogens is 350 g/mol. The number of hydrogen-bond acceptors (Lipinski definition) is 5. The zero-order valence-corrected chi connectivity index (χ0v) is 13.8. The molecule has 0 unspecified atom stereocenters. The summed E-state index contributed by atoms with van der Waals surface area (Å²) in [4.78, 5) is 34.9. The molecule has 3 N–H and O–H groups in total. The predicted octanol–water partition coefficient (Wildman–Crippen LogP) is 2.16. The number of H-pyrrole nitrogens is 1. The van der Waals surface area contributed by atoms with Crippen LogP contribution in [0.3, 0.4) is 0 Å². The SMILES string of the molecule is O=C(CSc1nc2ncc(Cl)cc2[nH]1)NNC(=O)c1ccccc1. The minimum Gasteiger partial charge on any atom is -0.331 e. The third-order valence-corrected chi connectivity index (χ3v) is 4.05. The lowest BCUT2D eigenvalue weighted by molar-refractivity contribution is -0.119. The van der Waals surface area contributed by atoms with Gasteiger partial charge in [-0.2, -0.15) is 0 Å². The molecule has 7 nitrogen and oxygen atoms in total. The van der Waals surface area contributed by atoms with Crippen LogP contribution >= 0.6 is 23.4 Å². The molecule has 0 aliphatic heterocycles. The van der Waals surface area contributed by atoms with E-state index in [1.54, 1.807) is 36.4 Å². The first-order chi connectivity index (χ1) is 11.6. The highest BCUT2D eigenvalue weighted by Gasteiger charge is 2.10. The summed E-state index contributed by atoms with van der Waals surface area (Å²) >= 11 is 7.05. The summed E-state index contributed by atoms with van der Waals surface area (Å²) in [6, 6.07) is 10.3. The van der Waals surface area contributed by atoms with Crippen LogP contribution in [0.15, 0.2) is 47.8 Å². The molecule has 122 valence electrons. The molecule has 9 heteroatoms. The third kappa shape index (κ3) is 4.03. The normalized spacial score (nSPS) is 10.5. The van der Waals surface area contributed by atoms with E-state index in [0.717, 1.165) is 0 Å². The summed E-state index contributed by atoms with van der Waals surface area (Å²) in [7, 11) is 0. The summed E-state index contributed by atoms with van der Waals surface area (Å²) in [6.07, 6.45) is 1.50. The Morgan fingerprint density at radius 3 is 2.79 bits per heavy atom. The van der Waals surface area contributed by atoms with Crippen molar-refractivity contribution in [3.63, 3.8) is 0 Å². The molecule has 3 rings (SSSR count). The van der Waals surface area contributed by atoms with Crippen molar-refractivity contribution >= 4 is 46.3 Å². The molecular formula is C15H12ClN5O2S. The van der Waals surface area contributed by atoms with Gasteiger partial charge in [0.05, 0.1) is 16.3 Å². The Labute approximate surface area is 146 Å². The van der Waals surface area contributed by atoms with Gasteiger partial charge in [0.25, 0.3) is 5.91 Å². The summed E-state index contributed by atoms with van der Waals surface area (Å²) in [5, 5.41) is 1.05. The number of nitrogens with one attached hydrogen (secondary N) is 3. The van der Waals surface area contributed by atoms with Crippen molar-refractivity contribution in [3.05, 3.63) is 53.2 Å². The lowest BCUT2D eigenvalue weighted by Gasteiger charge is -2.06. The molecule has 0 radical (unpaired) electrons. The predicted molar refractivity (Wildman–Crippen MR) is 91.7 cm³/mol. The number of halogens is 1. The zero-order chi connectivity index (χ0) is 16.9. The van der Waals surface area contributed by atoms with Crippen molar-refractivity contribution in [3.8, 4) is 0 Å². The van der Waals surface area contributed by atoms with E-state index in [4.69, 9.17) is 11.6 Å². The Hall–Kier alpha value is -2.58. The molecule has 3 aromatic rings. The number of benzene rings is 1. The molecule has 2 aromatic heterocycles. The standard InChI is InChI=1S/C15H12ClN5O2S/c16-10-6-11-13(17-7-10)19-15(18-11)24-8-12(22)20-21-14(23)9-4-2-1-3-5-9/h1-7H,8H2,(H,20,22)(H,21,23)(H,17,18,19). The average Bonchev–Trinajstić information content (AvgIpc) is 3.00. The average molecular weight is 362 g/mol. The summed E-state index contributed by atoms with van der Waals surface area (Å²) < 4.78 is 0. The van der Waals surface area contributed by atoms with Crippen LogP contribution in [0.25, 0.3) is 11.2 Å². The fourth-order valence-electron chi connectivity index (χ4n) is 1.88. The number of carbonyl (C=O) groups excluding carboxylic acids is 2. The van der Waals surface area contributed by atoms with Crippen LogP contribution < -0.4 is 10.9 Å². The van der Waals surface area contributed by atoms with Gasteiger partial charge >= 0.3 is 0 Å². The van der Waals surface area contributed by atoms with Crippen molar-refractivity contribution in [1.82, 2.24) is 25.8 Å². The molecule has 0 saturated heterocycles. The second kappa shape index (κ2) is 7.33. The maximum Gasteiger partial charge on any atom is 0.269 e. The number of thioether (sulfide) groups is 1. The van der Waals surface area contributed by atoms with Crippen molar-refractivity contribution in [2.45, 2.75) is 5.16 Å². The number of aromatic nitrogens is 3. The van der Waals surface area contributed by atoms with E-state index in [9.17, 15) is 9.59 Å². The number of carbonyl (C=O) groups is 2. The van der Waals surface area contributed by atoms with E-state index in [1.165, 1.54) is 18.0 Å². The number of hydrazine groups is 1. The molecule has 2 amide bonds. The van der Waals surface area contributed by atoms with Crippen LogP contribution in [0.2, 0.25) is 5.02 Å². The first-order valence-corrected chi connectivity index (χ1v) is 8.26. The molecule has 0 aliphatic carbocycles. The van der Waals surface area contributed by atoms with Crippen molar-refractivity contribution in [2.24, 2.45) is 0 Å². The van der Waals surface area contributed by atoms with Crippen LogP contribution in [0.5, 0.6) is 0 Å². The number of imidazole rings is 1. The number of fused-ring (bicyclic) bond motifs is 1. The lowest BCUT2D eigenvalue weighted by Crippen LogP contribution is -2.42. The van der Waals surface area contributed by atoms with Gasteiger partial charge in [0.1, 0.15) is 0 Å². The van der Waals surface area contributed by atoms with E-state index in [2.05, 4.69) is 25.8 Å². The Morgan fingerprint density at radius 2 is 2.00 bits per heavy atom.